The van der Waals surface area contributed by atoms with Gasteiger partial charge < -0.3 is 9.64 Å². The zero-order valence-corrected chi connectivity index (χ0v) is 18.4. The standard InChI is InChI=1S/C21H25FN2O4S2/c1-28-20-9-8-17(14-18(20)21(25)24-11-4-5-12-24)30(26,27)23-10-13-29-15-16-6-2-3-7-19(16)22/h2-3,6-9,14,23H,4-5,10-13,15H2,1H3. The Morgan fingerprint density at radius 1 is 1.20 bits per heavy atom. The largest absolute Gasteiger partial charge is 0.496 e. The number of amides is 1. The maximum atomic E-state index is 13.6. The Kier molecular flexibility index (Phi) is 7.74. The molecule has 2 aromatic carbocycles. The highest BCUT2D eigenvalue weighted by Gasteiger charge is 2.25. The molecule has 9 heteroatoms. The van der Waals surface area contributed by atoms with E-state index in [1.165, 1.54) is 43.1 Å². The summed E-state index contributed by atoms with van der Waals surface area (Å²) in [4.78, 5) is 14.5. The molecule has 6 nitrogen and oxygen atoms in total. The van der Waals surface area contributed by atoms with Crippen molar-refractivity contribution in [2.75, 3.05) is 32.5 Å². The van der Waals surface area contributed by atoms with E-state index in [0.29, 0.717) is 35.9 Å². The summed E-state index contributed by atoms with van der Waals surface area (Å²) in [5.41, 5.74) is 0.835. The number of thioether (sulfide) groups is 1. The predicted molar refractivity (Wildman–Crippen MR) is 116 cm³/mol. The number of halogens is 1. The van der Waals surface area contributed by atoms with E-state index in [1.54, 1.807) is 23.1 Å². The van der Waals surface area contributed by atoms with E-state index in [0.717, 1.165) is 12.8 Å². The number of methoxy groups -OCH3 is 1. The van der Waals surface area contributed by atoms with Crippen LogP contribution in [0.5, 0.6) is 5.75 Å². The van der Waals surface area contributed by atoms with Crippen LogP contribution in [0.3, 0.4) is 0 Å². The molecule has 162 valence electrons. The molecule has 0 aromatic heterocycles. The van der Waals surface area contributed by atoms with E-state index in [9.17, 15) is 17.6 Å². The smallest absolute Gasteiger partial charge is 0.257 e. The molecule has 0 aliphatic carbocycles. The van der Waals surface area contributed by atoms with Crippen molar-refractivity contribution in [2.45, 2.75) is 23.5 Å². The highest BCUT2D eigenvalue weighted by atomic mass is 32.2. The van der Waals surface area contributed by atoms with Gasteiger partial charge in [0, 0.05) is 31.1 Å². The van der Waals surface area contributed by atoms with Gasteiger partial charge in [-0.1, -0.05) is 18.2 Å². The summed E-state index contributed by atoms with van der Waals surface area (Å²) in [6.45, 7) is 1.52. The molecule has 0 bridgehead atoms. The van der Waals surface area contributed by atoms with Crippen molar-refractivity contribution in [1.29, 1.82) is 0 Å². The number of benzene rings is 2. The van der Waals surface area contributed by atoms with E-state index in [-0.39, 0.29) is 28.7 Å². The molecular formula is C21H25FN2O4S2. The van der Waals surface area contributed by atoms with Crippen LogP contribution in [0.15, 0.2) is 47.4 Å². The number of likely N-dealkylation sites (tertiary alicyclic amines) is 1. The molecule has 1 saturated heterocycles. The number of carbonyl (C=O) groups excluding carboxylic acids is 1. The minimum Gasteiger partial charge on any atom is -0.496 e. The van der Waals surface area contributed by atoms with E-state index in [4.69, 9.17) is 4.74 Å². The van der Waals surface area contributed by atoms with E-state index in [1.807, 2.05) is 0 Å². The number of sulfonamides is 1. The van der Waals surface area contributed by atoms with Crippen LogP contribution in [0.1, 0.15) is 28.8 Å². The normalized spacial score (nSPS) is 14.1. The lowest BCUT2D eigenvalue weighted by Gasteiger charge is -2.18. The molecule has 1 aliphatic heterocycles. The van der Waals surface area contributed by atoms with Gasteiger partial charge in [-0.3, -0.25) is 4.79 Å². The first kappa shape index (κ1) is 22.6. The van der Waals surface area contributed by atoms with Gasteiger partial charge in [-0.2, -0.15) is 11.8 Å². The molecule has 0 atom stereocenters. The van der Waals surface area contributed by atoms with Crippen LogP contribution < -0.4 is 9.46 Å². The molecule has 0 unspecified atom stereocenters. The maximum Gasteiger partial charge on any atom is 0.257 e. The molecule has 0 saturated carbocycles. The summed E-state index contributed by atoms with van der Waals surface area (Å²) in [5.74, 6) is 0.821. The molecule has 1 aliphatic rings. The summed E-state index contributed by atoms with van der Waals surface area (Å²) in [7, 11) is -2.33. The van der Waals surface area contributed by atoms with Gasteiger partial charge in [0.05, 0.1) is 17.6 Å². The second-order valence-corrected chi connectivity index (χ2v) is 9.78. The van der Waals surface area contributed by atoms with Crippen molar-refractivity contribution in [1.82, 2.24) is 9.62 Å². The number of nitrogens with one attached hydrogen (secondary N) is 1. The highest BCUT2D eigenvalue weighted by Crippen LogP contribution is 2.25. The van der Waals surface area contributed by atoms with E-state index >= 15 is 0 Å². The van der Waals surface area contributed by atoms with Crippen LogP contribution in [0.2, 0.25) is 0 Å². The third kappa shape index (κ3) is 5.53. The average molecular weight is 453 g/mol. The Labute approximate surface area is 180 Å². The highest BCUT2D eigenvalue weighted by molar-refractivity contribution is 7.98. The quantitative estimate of drug-likeness (QED) is 0.591. The van der Waals surface area contributed by atoms with Crippen LogP contribution in [0, 0.1) is 5.82 Å². The zero-order chi connectivity index (χ0) is 21.6. The maximum absolute atomic E-state index is 13.6. The van der Waals surface area contributed by atoms with Gasteiger partial charge >= 0.3 is 0 Å². The van der Waals surface area contributed by atoms with Crippen molar-refractivity contribution < 1.29 is 22.3 Å². The van der Waals surface area contributed by atoms with Gasteiger partial charge in [0.2, 0.25) is 10.0 Å². The third-order valence-corrected chi connectivity index (χ3v) is 7.33. The van der Waals surface area contributed by atoms with Gasteiger partial charge in [0.1, 0.15) is 11.6 Å². The Hall–Kier alpha value is -2.10. The fraction of sp³-hybridized carbons (Fsp3) is 0.381. The zero-order valence-electron chi connectivity index (χ0n) is 16.8. The van der Waals surface area contributed by atoms with Gasteiger partial charge in [-0.15, -0.1) is 0 Å². The van der Waals surface area contributed by atoms with E-state index < -0.39 is 10.0 Å². The van der Waals surface area contributed by atoms with Crippen LogP contribution in [0.25, 0.3) is 0 Å². The fourth-order valence-electron chi connectivity index (χ4n) is 3.24. The topological polar surface area (TPSA) is 75.7 Å². The minimum absolute atomic E-state index is 0.0185. The lowest BCUT2D eigenvalue weighted by Crippen LogP contribution is -2.29. The van der Waals surface area contributed by atoms with Crippen molar-refractivity contribution in [3.05, 3.63) is 59.4 Å². The molecule has 1 amide bonds. The molecule has 0 radical (unpaired) electrons. The van der Waals surface area contributed by atoms with Crippen molar-refractivity contribution in [3.8, 4) is 5.75 Å². The molecular weight excluding hydrogens is 427 g/mol. The Balaban J connectivity index is 1.61. The van der Waals surface area contributed by atoms with Crippen molar-refractivity contribution in [3.63, 3.8) is 0 Å². The first-order valence-corrected chi connectivity index (χ1v) is 12.3. The molecule has 3 rings (SSSR count). The second-order valence-electron chi connectivity index (χ2n) is 6.90. The molecule has 2 aromatic rings. The molecule has 1 fully saturated rings. The summed E-state index contributed by atoms with van der Waals surface area (Å²) in [6, 6.07) is 10.8. The first-order chi connectivity index (χ1) is 14.4. The van der Waals surface area contributed by atoms with Gasteiger partial charge in [-0.25, -0.2) is 17.5 Å². The second kappa shape index (κ2) is 10.3. The summed E-state index contributed by atoms with van der Waals surface area (Å²) < 4.78 is 46.8. The summed E-state index contributed by atoms with van der Waals surface area (Å²) in [6.07, 6.45) is 1.89. The van der Waals surface area contributed by atoms with Crippen LogP contribution in [0.4, 0.5) is 4.39 Å². The Morgan fingerprint density at radius 3 is 2.63 bits per heavy atom. The molecule has 1 N–H and O–H groups in total. The fourth-order valence-corrected chi connectivity index (χ4v) is 5.27. The Bertz CT molecular complexity index is 992. The van der Waals surface area contributed by atoms with Gasteiger partial charge in [0.15, 0.2) is 0 Å². The molecule has 30 heavy (non-hydrogen) atoms. The minimum atomic E-state index is -3.78. The number of hydrogen-bond acceptors (Lipinski definition) is 5. The van der Waals surface area contributed by atoms with E-state index in [2.05, 4.69) is 4.72 Å². The monoisotopic (exact) mass is 452 g/mol. The van der Waals surface area contributed by atoms with Crippen LogP contribution in [-0.2, 0) is 15.8 Å². The van der Waals surface area contributed by atoms with Gasteiger partial charge in [-0.05, 0) is 42.7 Å². The summed E-state index contributed by atoms with van der Waals surface area (Å²) in [5, 5.41) is 0. The third-order valence-electron chi connectivity index (χ3n) is 4.86. The van der Waals surface area contributed by atoms with Gasteiger partial charge in [0.25, 0.3) is 5.91 Å². The number of carbonyl (C=O) groups is 1. The lowest BCUT2D eigenvalue weighted by molar-refractivity contribution is 0.0789. The van der Waals surface area contributed by atoms with Crippen molar-refractivity contribution >= 4 is 27.7 Å². The predicted octanol–water partition coefficient (Wildman–Crippen LogP) is 3.28. The average Bonchev–Trinajstić information content (AvgIpc) is 3.28. The Morgan fingerprint density at radius 2 is 1.93 bits per heavy atom. The summed E-state index contributed by atoms with van der Waals surface area (Å²) >= 11 is 1.44. The number of nitrogens with zero attached hydrogens (tertiary/aromatic N) is 1. The molecule has 1 heterocycles. The SMILES string of the molecule is COc1ccc(S(=O)(=O)NCCSCc2ccccc2F)cc1C(=O)N1CCCC1. The number of rotatable bonds is 9. The lowest BCUT2D eigenvalue weighted by atomic mass is 10.1. The van der Waals surface area contributed by atoms with Crippen LogP contribution >= 0.6 is 11.8 Å². The molecule has 0 spiro atoms. The van der Waals surface area contributed by atoms with Crippen LogP contribution in [-0.4, -0.2) is 51.7 Å². The first-order valence-electron chi connectivity index (χ1n) is 9.70. The van der Waals surface area contributed by atoms with Crippen molar-refractivity contribution in [2.24, 2.45) is 0 Å². The number of hydrogen-bond donors (Lipinski definition) is 1. The number of ether oxygens (including phenoxy) is 1.